The van der Waals surface area contributed by atoms with Crippen LogP contribution in [0.15, 0.2) is 42.6 Å². The van der Waals surface area contributed by atoms with Crippen LogP contribution in [0.1, 0.15) is 11.1 Å². The lowest BCUT2D eigenvalue weighted by Crippen LogP contribution is -3.15. The topological polar surface area (TPSA) is 74.7 Å². The fourth-order valence-electron chi connectivity index (χ4n) is 3.26. The van der Waals surface area contributed by atoms with Gasteiger partial charge < -0.3 is 10.2 Å². The third-order valence-electron chi connectivity index (χ3n) is 4.87. The van der Waals surface area contributed by atoms with Gasteiger partial charge in [-0.05, 0) is 23.8 Å². The summed E-state index contributed by atoms with van der Waals surface area (Å²) in [6.07, 6.45) is -3.05. The summed E-state index contributed by atoms with van der Waals surface area (Å²) < 4.78 is 38.0. The Bertz CT molecular complexity index is 867. The maximum atomic E-state index is 12.7. The first-order valence-electron chi connectivity index (χ1n) is 9.28. The van der Waals surface area contributed by atoms with Gasteiger partial charge in [-0.15, -0.1) is 0 Å². The second-order valence-electron chi connectivity index (χ2n) is 6.95. The molecular formula is C20H22F3N5O+2. The first-order valence-corrected chi connectivity index (χ1v) is 9.28. The number of aromatic nitrogens is 1. The minimum atomic E-state index is -4.36. The zero-order valence-electron chi connectivity index (χ0n) is 15.7. The number of amides is 1. The lowest BCUT2D eigenvalue weighted by molar-refractivity contribution is -0.892. The Labute approximate surface area is 166 Å². The van der Waals surface area contributed by atoms with Crippen molar-refractivity contribution in [3.05, 3.63) is 53.7 Å². The number of halogens is 3. The number of benzene rings is 1. The van der Waals surface area contributed by atoms with Gasteiger partial charge in [0.25, 0.3) is 11.7 Å². The summed E-state index contributed by atoms with van der Waals surface area (Å²) in [5.74, 6) is 0.543. The minimum absolute atomic E-state index is 0.0948. The van der Waals surface area contributed by atoms with Gasteiger partial charge in [0.05, 0.1) is 18.1 Å². The van der Waals surface area contributed by atoms with Crippen LogP contribution in [0.2, 0.25) is 0 Å². The van der Waals surface area contributed by atoms with Gasteiger partial charge in [0.15, 0.2) is 6.54 Å². The number of nitrogens with zero attached hydrogens (tertiary/aromatic N) is 2. The number of hydrogen-bond acceptors (Lipinski definition) is 3. The SMILES string of the molecule is N#CCc1ccc(NC(=O)C[NH+]2CCN(c3ccc(C(F)(F)F)c[nH+]3)CC2)cc1. The molecule has 0 radical (unpaired) electrons. The molecular weight excluding hydrogens is 383 g/mol. The van der Waals surface area contributed by atoms with E-state index < -0.39 is 11.7 Å². The van der Waals surface area contributed by atoms with E-state index in [-0.39, 0.29) is 5.91 Å². The van der Waals surface area contributed by atoms with Crippen LogP contribution >= 0.6 is 0 Å². The predicted octanol–water partition coefficient (Wildman–Crippen LogP) is 0.929. The summed E-state index contributed by atoms with van der Waals surface area (Å²) in [6, 6.07) is 11.8. The van der Waals surface area contributed by atoms with Gasteiger partial charge in [-0.1, -0.05) is 12.1 Å². The Hall–Kier alpha value is -3.12. The molecule has 1 aromatic carbocycles. The lowest BCUT2D eigenvalue weighted by atomic mass is 10.1. The number of alkyl halides is 3. The highest BCUT2D eigenvalue weighted by molar-refractivity contribution is 5.91. The van der Waals surface area contributed by atoms with Crippen LogP contribution in [0.4, 0.5) is 24.7 Å². The summed E-state index contributed by atoms with van der Waals surface area (Å²) >= 11 is 0. The highest BCUT2D eigenvalue weighted by Gasteiger charge is 2.33. The molecule has 1 aliphatic heterocycles. The van der Waals surface area contributed by atoms with Crippen LogP contribution in [0.5, 0.6) is 0 Å². The van der Waals surface area contributed by atoms with E-state index in [1.165, 1.54) is 6.07 Å². The summed E-state index contributed by atoms with van der Waals surface area (Å²) in [5.41, 5.74) is 0.879. The number of nitriles is 1. The van der Waals surface area contributed by atoms with Crippen molar-refractivity contribution in [3.8, 4) is 6.07 Å². The third-order valence-corrected chi connectivity index (χ3v) is 4.87. The van der Waals surface area contributed by atoms with Crippen LogP contribution in [0.3, 0.4) is 0 Å². The Morgan fingerprint density at radius 3 is 2.41 bits per heavy atom. The summed E-state index contributed by atoms with van der Waals surface area (Å²) in [7, 11) is 0. The van der Waals surface area contributed by atoms with Crippen LogP contribution in [-0.4, -0.2) is 38.6 Å². The lowest BCUT2D eigenvalue weighted by Gasteiger charge is -2.28. The molecule has 0 aliphatic carbocycles. The predicted molar refractivity (Wildman–Crippen MR) is 100 cm³/mol. The number of aromatic amines is 1. The molecule has 1 amide bonds. The zero-order chi connectivity index (χ0) is 20.9. The molecule has 3 N–H and O–H groups in total. The first-order chi connectivity index (χ1) is 13.8. The van der Waals surface area contributed by atoms with Gasteiger partial charge in [-0.2, -0.15) is 18.4 Å². The number of H-pyrrole nitrogens is 1. The van der Waals surface area contributed by atoms with Crippen molar-refractivity contribution in [3.63, 3.8) is 0 Å². The highest BCUT2D eigenvalue weighted by Crippen LogP contribution is 2.28. The maximum Gasteiger partial charge on any atom is 0.419 e. The molecule has 2 heterocycles. The monoisotopic (exact) mass is 405 g/mol. The number of rotatable bonds is 5. The van der Waals surface area contributed by atoms with Crippen molar-refractivity contribution < 1.29 is 27.8 Å². The molecule has 3 rings (SSSR count). The fourth-order valence-corrected chi connectivity index (χ4v) is 3.26. The minimum Gasteiger partial charge on any atom is -0.321 e. The highest BCUT2D eigenvalue weighted by atomic mass is 19.4. The molecule has 0 spiro atoms. The van der Waals surface area contributed by atoms with Gasteiger partial charge >= 0.3 is 6.18 Å². The van der Waals surface area contributed by atoms with E-state index in [2.05, 4.69) is 16.4 Å². The second-order valence-corrected chi connectivity index (χ2v) is 6.95. The molecule has 1 saturated heterocycles. The molecule has 1 aliphatic rings. The third kappa shape index (κ3) is 5.68. The van der Waals surface area contributed by atoms with Crippen molar-refractivity contribution in [1.29, 1.82) is 5.26 Å². The molecule has 152 valence electrons. The van der Waals surface area contributed by atoms with Gasteiger partial charge in [-0.3, -0.25) is 9.69 Å². The maximum absolute atomic E-state index is 12.7. The second kappa shape index (κ2) is 8.92. The smallest absolute Gasteiger partial charge is 0.321 e. The zero-order valence-corrected chi connectivity index (χ0v) is 15.7. The number of carbonyl (C=O) groups excluding carboxylic acids is 1. The summed E-state index contributed by atoms with van der Waals surface area (Å²) in [4.78, 5) is 18.1. The van der Waals surface area contributed by atoms with E-state index in [1.54, 1.807) is 12.1 Å². The van der Waals surface area contributed by atoms with Crippen molar-refractivity contribution in [2.45, 2.75) is 12.6 Å². The van der Waals surface area contributed by atoms with Crippen molar-refractivity contribution in [2.75, 3.05) is 42.9 Å². The van der Waals surface area contributed by atoms with Crippen molar-refractivity contribution in [1.82, 2.24) is 0 Å². The fraction of sp³-hybridized carbons (Fsp3) is 0.350. The van der Waals surface area contributed by atoms with Crippen LogP contribution < -0.4 is 20.1 Å². The number of carbonyl (C=O) groups is 1. The van der Waals surface area contributed by atoms with Crippen molar-refractivity contribution >= 4 is 17.4 Å². The quantitative estimate of drug-likeness (QED) is 0.777. The van der Waals surface area contributed by atoms with Crippen LogP contribution in [0.25, 0.3) is 0 Å². The molecule has 1 aromatic heterocycles. The Balaban J connectivity index is 1.47. The molecule has 0 unspecified atom stereocenters. The number of anilines is 2. The average Bonchev–Trinajstić information content (AvgIpc) is 2.70. The molecule has 0 atom stereocenters. The van der Waals surface area contributed by atoms with E-state index in [1.807, 2.05) is 17.0 Å². The van der Waals surface area contributed by atoms with Crippen molar-refractivity contribution in [2.24, 2.45) is 0 Å². The van der Waals surface area contributed by atoms with E-state index in [9.17, 15) is 18.0 Å². The Morgan fingerprint density at radius 1 is 1.17 bits per heavy atom. The Morgan fingerprint density at radius 2 is 1.86 bits per heavy atom. The van der Waals surface area contributed by atoms with E-state index in [0.717, 1.165) is 22.7 Å². The summed E-state index contributed by atoms with van der Waals surface area (Å²) in [5, 5.41) is 11.5. The molecule has 0 saturated carbocycles. The standard InChI is InChI=1S/C20H20F3N5O/c21-20(22,23)16-3-6-18(25-13-16)28-11-9-27(10-12-28)14-19(29)26-17-4-1-15(2-5-17)7-8-24/h1-6,13H,7,9-12,14H2,(H,26,29)/p+2. The van der Waals surface area contributed by atoms with Gasteiger partial charge in [-0.25, -0.2) is 4.98 Å². The summed E-state index contributed by atoms with van der Waals surface area (Å²) in [6.45, 7) is 3.04. The van der Waals surface area contributed by atoms with Gasteiger partial charge in [0.1, 0.15) is 32.4 Å². The first kappa shape index (κ1) is 20.6. The number of hydrogen-bond donors (Lipinski definition) is 2. The average molecular weight is 405 g/mol. The van der Waals surface area contributed by atoms with Gasteiger partial charge in [0, 0.05) is 11.8 Å². The molecule has 2 aromatic rings. The largest absolute Gasteiger partial charge is 0.419 e. The number of nitrogens with one attached hydrogen (secondary N) is 3. The molecule has 6 nitrogen and oxygen atoms in total. The molecule has 1 fully saturated rings. The number of piperazine rings is 1. The van der Waals surface area contributed by atoms with Crippen LogP contribution in [0, 0.1) is 11.3 Å². The van der Waals surface area contributed by atoms with E-state index in [4.69, 9.17) is 5.26 Å². The number of quaternary nitrogens is 1. The normalized spacial score (nSPS) is 15.0. The van der Waals surface area contributed by atoms with E-state index in [0.29, 0.717) is 50.6 Å². The number of pyridine rings is 1. The molecule has 0 bridgehead atoms. The van der Waals surface area contributed by atoms with E-state index >= 15 is 0 Å². The van der Waals surface area contributed by atoms with Crippen LogP contribution in [-0.2, 0) is 17.4 Å². The molecule has 9 heteroatoms. The molecule has 29 heavy (non-hydrogen) atoms. The van der Waals surface area contributed by atoms with Gasteiger partial charge in [0.2, 0.25) is 0 Å². The Kier molecular flexibility index (Phi) is 6.34.